The average Bonchev–Trinajstić information content (AvgIpc) is 2.90. The van der Waals surface area contributed by atoms with E-state index in [4.69, 9.17) is 17.2 Å². The van der Waals surface area contributed by atoms with Gasteiger partial charge in [-0.3, -0.25) is 24.0 Å². The van der Waals surface area contributed by atoms with E-state index in [0.29, 0.717) is 24.9 Å². The van der Waals surface area contributed by atoms with Gasteiger partial charge in [0.15, 0.2) is 0 Å². The summed E-state index contributed by atoms with van der Waals surface area (Å²) in [5, 5.41) is 37.0. The van der Waals surface area contributed by atoms with Gasteiger partial charge in [0.1, 0.15) is 23.9 Å². The second kappa shape index (κ2) is 17.3. The molecule has 1 rings (SSSR count). The molecule has 0 saturated heterocycles. The molecule has 16 heteroatoms. The Kier molecular flexibility index (Phi) is 14.6. The largest absolute Gasteiger partial charge is 0.508 e. The van der Waals surface area contributed by atoms with Gasteiger partial charge in [-0.15, -0.1) is 0 Å². The molecule has 0 aliphatic carbocycles. The molecule has 40 heavy (non-hydrogen) atoms. The molecule has 1 aromatic rings. The molecule has 4 atom stereocenters. The van der Waals surface area contributed by atoms with Crippen LogP contribution >= 0.6 is 0 Å². The second-order valence-electron chi connectivity index (χ2n) is 8.91. The van der Waals surface area contributed by atoms with Gasteiger partial charge in [-0.05, 0) is 49.9 Å². The predicted molar refractivity (Wildman–Crippen MR) is 140 cm³/mol. The number of hydrogen-bond acceptors (Lipinski definition) is 10. The monoisotopic (exact) mass is 567 g/mol. The fraction of sp³-hybridized carbons (Fsp3) is 0.500. The van der Waals surface area contributed by atoms with Crippen molar-refractivity contribution in [2.75, 3.05) is 19.7 Å². The first-order chi connectivity index (χ1) is 18.9. The second-order valence-corrected chi connectivity index (χ2v) is 8.91. The number of rotatable bonds is 18. The van der Waals surface area contributed by atoms with Crippen molar-refractivity contribution in [2.45, 2.75) is 56.3 Å². The molecule has 0 fully saturated rings. The molecule has 13 N–H and O–H groups in total. The zero-order valence-electron chi connectivity index (χ0n) is 21.8. The number of aliphatic hydroxyl groups is 1. The van der Waals surface area contributed by atoms with Crippen molar-refractivity contribution in [3.63, 3.8) is 0 Å². The third-order valence-electron chi connectivity index (χ3n) is 5.59. The molecule has 0 spiro atoms. The molecule has 1 aromatic carbocycles. The SMILES string of the molecule is NCCCC[C@H](NC(=O)CNC(=O)[C@H](CO)NC(=O)[C@H](CC(N)=O)NC(=O)[C@@H](N)Cc1ccc(O)cc1)C(=O)O. The van der Waals surface area contributed by atoms with E-state index < -0.39 is 79.2 Å². The normalized spacial score (nSPS) is 13.7. The van der Waals surface area contributed by atoms with E-state index in [1.165, 1.54) is 12.1 Å². The number of phenols is 1. The Hall–Kier alpha value is -4.28. The summed E-state index contributed by atoms with van der Waals surface area (Å²) in [4.78, 5) is 72.6. The summed E-state index contributed by atoms with van der Waals surface area (Å²) in [6, 6.07) is 0.441. The van der Waals surface area contributed by atoms with Crippen LogP contribution in [0, 0.1) is 0 Å². The Morgan fingerprint density at radius 2 is 1.48 bits per heavy atom. The minimum atomic E-state index is -1.59. The van der Waals surface area contributed by atoms with Crippen molar-refractivity contribution in [3.05, 3.63) is 29.8 Å². The van der Waals surface area contributed by atoms with Crippen LogP contribution in [0.5, 0.6) is 5.75 Å². The number of carbonyl (C=O) groups excluding carboxylic acids is 5. The Balaban J connectivity index is 2.72. The molecule has 0 saturated carbocycles. The number of carbonyl (C=O) groups is 6. The zero-order chi connectivity index (χ0) is 30.2. The summed E-state index contributed by atoms with van der Waals surface area (Å²) in [6.07, 6.45) is 0.551. The summed E-state index contributed by atoms with van der Waals surface area (Å²) in [7, 11) is 0. The number of primary amides is 1. The summed E-state index contributed by atoms with van der Waals surface area (Å²) < 4.78 is 0. The number of phenolic OH excluding ortho intramolecular Hbond substituents is 1. The van der Waals surface area contributed by atoms with Gasteiger partial charge in [0, 0.05) is 0 Å². The van der Waals surface area contributed by atoms with Crippen LogP contribution in [0.4, 0.5) is 0 Å². The molecule has 0 bridgehead atoms. The number of aliphatic hydroxyl groups excluding tert-OH is 1. The van der Waals surface area contributed by atoms with Crippen LogP contribution in [0.3, 0.4) is 0 Å². The minimum absolute atomic E-state index is 0.0193. The van der Waals surface area contributed by atoms with Crippen molar-refractivity contribution < 1.29 is 44.1 Å². The van der Waals surface area contributed by atoms with Gasteiger partial charge in [0.05, 0.1) is 25.6 Å². The third kappa shape index (κ3) is 12.5. The number of hydrogen-bond donors (Lipinski definition) is 10. The first kappa shape index (κ1) is 33.7. The Bertz CT molecular complexity index is 1040. The molecule has 0 aliphatic rings. The van der Waals surface area contributed by atoms with Crippen molar-refractivity contribution >= 4 is 35.5 Å². The van der Waals surface area contributed by atoms with Crippen LogP contribution in [0.2, 0.25) is 0 Å². The van der Waals surface area contributed by atoms with Gasteiger partial charge in [-0.25, -0.2) is 4.79 Å². The summed E-state index contributed by atoms with van der Waals surface area (Å²) in [5.41, 5.74) is 17.1. The fourth-order valence-corrected chi connectivity index (χ4v) is 3.42. The standard InChI is InChI=1S/C24H37N7O9/c25-8-2-1-3-16(24(39)40)29-20(35)11-28-22(37)18(12-32)31-23(38)17(10-19(27)34)30-21(36)15(26)9-13-4-6-14(33)7-5-13/h4-7,15-18,32-33H,1-3,8-12,25-26H2,(H2,27,34)(H,28,37)(H,29,35)(H,30,36)(H,31,38)(H,39,40)/t15-,16-,17-,18-/m0/s1. The van der Waals surface area contributed by atoms with E-state index >= 15 is 0 Å². The quantitative estimate of drug-likeness (QED) is 0.0761. The zero-order valence-corrected chi connectivity index (χ0v) is 21.8. The molecule has 5 amide bonds. The number of nitrogens with one attached hydrogen (secondary N) is 4. The third-order valence-corrected chi connectivity index (χ3v) is 5.59. The summed E-state index contributed by atoms with van der Waals surface area (Å²) in [5.74, 6) is -5.85. The van der Waals surface area contributed by atoms with Crippen LogP contribution in [0.15, 0.2) is 24.3 Å². The summed E-state index contributed by atoms with van der Waals surface area (Å²) in [6.45, 7) is -1.20. The van der Waals surface area contributed by atoms with Crippen LogP contribution in [0.25, 0.3) is 0 Å². The number of aliphatic carboxylic acids is 1. The highest BCUT2D eigenvalue weighted by Crippen LogP contribution is 2.11. The van der Waals surface area contributed by atoms with E-state index in [1.54, 1.807) is 12.1 Å². The number of amides is 5. The van der Waals surface area contributed by atoms with Crippen molar-refractivity contribution in [3.8, 4) is 5.75 Å². The highest BCUT2D eigenvalue weighted by molar-refractivity contribution is 5.96. The van der Waals surface area contributed by atoms with E-state index in [2.05, 4.69) is 21.3 Å². The van der Waals surface area contributed by atoms with Gasteiger partial charge >= 0.3 is 5.97 Å². The van der Waals surface area contributed by atoms with E-state index in [0.717, 1.165) is 0 Å². The highest BCUT2D eigenvalue weighted by Gasteiger charge is 2.29. The first-order valence-corrected chi connectivity index (χ1v) is 12.4. The maximum absolute atomic E-state index is 12.7. The molecule has 0 radical (unpaired) electrons. The lowest BCUT2D eigenvalue weighted by molar-refractivity contribution is -0.142. The number of benzene rings is 1. The minimum Gasteiger partial charge on any atom is -0.508 e. The van der Waals surface area contributed by atoms with Crippen LogP contribution in [0.1, 0.15) is 31.2 Å². The fourth-order valence-electron chi connectivity index (χ4n) is 3.42. The number of nitrogens with two attached hydrogens (primary N) is 3. The summed E-state index contributed by atoms with van der Waals surface area (Å²) >= 11 is 0. The average molecular weight is 568 g/mol. The van der Waals surface area contributed by atoms with E-state index in [1.807, 2.05) is 0 Å². The molecule has 0 aliphatic heterocycles. The lowest BCUT2D eigenvalue weighted by atomic mass is 10.0. The number of unbranched alkanes of at least 4 members (excludes halogenated alkanes) is 1. The molecule has 222 valence electrons. The number of carboxylic acid groups (broad SMARTS) is 1. The topological polar surface area (TPSA) is 289 Å². The van der Waals surface area contributed by atoms with Crippen molar-refractivity contribution in [1.82, 2.24) is 21.3 Å². The lowest BCUT2D eigenvalue weighted by Crippen LogP contribution is -2.58. The Morgan fingerprint density at radius 1 is 0.850 bits per heavy atom. The number of aromatic hydroxyl groups is 1. The van der Waals surface area contributed by atoms with Gasteiger partial charge in [0.2, 0.25) is 29.5 Å². The Morgan fingerprint density at radius 3 is 2.02 bits per heavy atom. The van der Waals surface area contributed by atoms with Gasteiger partial charge in [-0.1, -0.05) is 12.1 Å². The highest BCUT2D eigenvalue weighted by atomic mass is 16.4. The maximum atomic E-state index is 12.7. The molecule has 16 nitrogen and oxygen atoms in total. The number of carboxylic acids is 1. The molecule has 0 aromatic heterocycles. The van der Waals surface area contributed by atoms with Gasteiger partial charge < -0.3 is 53.8 Å². The lowest BCUT2D eigenvalue weighted by Gasteiger charge is -2.23. The van der Waals surface area contributed by atoms with E-state index in [-0.39, 0.29) is 18.6 Å². The molecular weight excluding hydrogens is 530 g/mol. The van der Waals surface area contributed by atoms with Crippen LogP contribution < -0.4 is 38.5 Å². The van der Waals surface area contributed by atoms with Crippen molar-refractivity contribution in [1.29, 1.82) is 0 Å². The van der Waals surface area contributed by atoms with Crippen LogP contribution in [-0.2, 0) is 35.2 Å². The maximum Gasteiger partial charge on any atom is 0.326 e. The van der Waals surface area contributed by atoms with Gasteiger partial charge in [0.25, 0.3) is 0 Å². The first-order valence-electron chi connectivity index (χ1n) is 12.4. The van der Waals surface area contributed by atoms with Gasteiger partial charge in [-0.2, -0.15) is 0 Å². The molecule has 0 unspecified atom stereocenters. The smallest absolute Gasteiger partial charge is 0.326 e. The molecular formula is C24H37N7O9. The van der Waals surface area contributed by atoms with Crippen molar-refractivity contribution in [2.24, 2.45) is 17.2 Å². The van der Waals surface area contributed by atoms with E-state index in [9.17, 15) is 44.1 Å². The molecule has 0 heterocycles. The Labute approximate surface area is 230 Å². The van der Waals surface area contributed by atoms with Crippen LogP contribution in [-0.4, -0.2) is 94.7 Å². The predicted octanol–water partition coefficient (Wildman–Crippen LogP) is -4.09.